The molecule has 3 fully saturated rings. The van der Waals surface area contributed by atoms with E-state index >= 15 is 0 Å². The van der Waals surface area contributed by atoms with E-state index < -0.39 is 23.2 Å². The van der Waals surface area contributed by atoms with E-state index in [4.69, 9.17) is 4.74 Å². The lowest BCUT2D eigenvalue weighted by atomic mass is 9.48. The zero-order valence-electron chi connectivity index (χ0n) is 18.5. The van der Waals surface area contributed by atoms with Crippen LogP contribution < -0.4 is 5.32 Å². The van der Waals surface area contributed by atoms with Gasteiger partial charge in [0.1, 0.15) is 0 Å². The van der Waals surface area contributed by atoms with Crippen LogP contribution in [-0.2, 0) is 14.3 Å². The first kappa shape index (κ1) is 22.2. The summed E-state index contributed by atoms with van der Waals surface area (Å²) in [4.78, 5) is 27.1. The van der Waals surface area contributed by atoms with Crippen LogP contribution in [0.5, 0.6) is 0 Å². The molecule has 1 spiro atoms. The van der Waals surface area contributed by atoms with Crippen molar-refractivity contribution >= 4 is 11.9 Å². The highest BCUT2D eigenvalue weighted by Crippen LogP contribution is 2.61. The number of nitrogens with zero attached hydrogens (tertiary/aromatic N) is 1. The minimum absolute atomic E-state index is 0.0435. The molecule has 31 heavy (non-hydrogen) atoms. The van der Waals surface area contributed by atoms with Gasteiger partial charge in [-0.25, -0.2) is 8.78 Å². The molecule has 1 aliphatic heterocycles. The van der Waals surface area contributed by atoms with Crippen molar-refractivity contribution in [3.63, 3.8) is 0 Å². The monoisotopic (exact) mass is 434 g/mol. The Balaban J connectivity index is 1.46. The molecule has 1 atom stereocenters. The number of methoxy groups -OCH3 is 1. The second kappa shape index (κ2) is 8.15. The summed E-state index contributed by atoms with van der Waals surface area (Å²) < 4.78 is 32.4. The van der Waals surface area contributed by atoms with E-state index in [1.165, 1.54) is 13.2 Å². The maximum absolute atomic E-state index is 14.0. The summed E-state index contributed by atoms with van der Waals surface area (Å²) in [6.45, 7) is 5.95. The first-order chi connectivity index (χ1) is 14.6. The highest BCUT2D eigenvalue weighted by Gasteiger charge is 2.57. The average Bonchev–Trinajstić information content (AvgIpc) is 3.21. The van der Waals surface area contributed by atoms with E-state index in [0.717, 1.165) is 57.7 Å². The number of ether oxygens (including phenoxy) is 1. The van der Waals surface area contributed by atoms with Crippen molar-refractivity contribution in [3.05, 3.63) is 35.4 Å². The smallest absolute Gasteiger partial charge is 0.308 e. The molecule has 1 saturated heterocycles. The standard InChI is InChI=1S/C24H32F2N2O3/c1-23(2,28-8-4-5-9-28)20(15-6-7-18(25)19(26)10-15)27-21(29)16-11-24(12-16)13-17(14-24)22(30)31-3/h6-7,10,16-17,20H,4-5,8-9,11-14H2,1-3H3,(H,27,29). The van der Waals surface area contributed by atoms with Gasteiger partial charge in [-0.15, -0.1) is 0 Å². The summed E-state index contributed by atoms with van der Waals surface area (Å²) in [5, 5.41) is 3.17. The fourth-order valence-corrected chi connectivity index (χ4v) is 5.92. The number of benzene rings is 1. The number of halogens is 2. The minimum atomic E-state index is -0.903. The predicted molar refractivity (Wildman–Crippen MR) is 112 cm³/mol. The summed E-state index contributed by atoms with van der Waals surface area (Å²) >= 11 is 0. The molecule has 4 rings (SSSR count). The largest absolute Gasteiger partial charge is 0.469 e. The number of carbonyl (C=O) groups excluding carboxylic acids is 2. The van der Waals surface area contributed by atoms with Gasteiger partial charge in [-0.05, 0) is 88.6 Å². The van der Waals surface area contributed by atoms with Crippen LogP contribution in [0.4, 0.5) is 8.78 Å². The van der Waals surface area contributed by atoms with Gasteiger partial charge in [0.15, 0.2) is 11.6 Å². The fraction of sp³-hybridized carbons (Fsp3) is 0.667. The molecule has 1 aromatic carbocycles. The van der Waals surface area contributed by atoms with Crippen molar-refractivity contribution in [1.82, 2.24) is 10.2 Å². The van der Waals surface area contributed by atoms with E-state index in [1.807, 2.05) is 0 Å². The molecule has 1 N–H and O–H groups in total. The van der Waals surface area contributed by atoms with Crippen molar-refractivity contribution < 1.29 is 23.1 Å². The first-order valence-electron chi connectivity index (χ1n) is 11.2. The van der Waals surface area contributed by atoms with E-state index in [1.54, 1.807) is 6.07 Å². The Morgan fingerprint density at radius 2 is 1.71 bits per heavy atom. The van der Waals surface area contributed by atoms with Crippen molar-refractivity contribution in [2.45, 2.75) is 64.0 Å². The molecule has 1 heterocycles. The Labute approximate surface area is 182 Å². The number of hydrogen-bond donors (Lipinski definition) is 1. The number of amides is 1. The van der Waals surface area contributed by atoms with Gasteiger partial charge in [0.25, 0.3) is 0 Å². The van der Waals surface area contributed by atoms with Crippen LogP contribution in [0, 0.1) is 28.9 Å². The summed E-state index contributed by atoms with van der Waals surface area (Å²) in [6, 6.07) is 3.45. The van der Waals surface area contributed by atoms with Crippen LogP contribution in [0.15, 0.2) is 18.2 Å². The lowest BCUT2D eigenvalue weighted by molar-refractivity contribution is -0.164. The molecule has 1 unspecified atom stereocenters. The van der Waals surface area contributed by atoms with Crippen LogP contribution >= 0.6 is 0 Å². The second-order valence-electron chi connectivity index (χ2n) is 10.2. The highest BCUT2D eigenvalue weighted by atomic mass is 19.2. The molecule has 0 radical (unpaired) electrons. The lowest BCUT2D eigenvalue weighted by Crippen LogP contribution is -2.57. The van der Waals surface area contributed by atoms with Gasteiger partial charge in [-0.3, -0.25) is 14.5 Å². The van der Waals surface area contributed by atoms with Crippen molar-refractivity contribution in [2.24, 2.45) is 17.3 Å². The van der Waals surface area contributed by atoms with E-state index in [0.29, 0.717) is 5.56 Å². The molecule has 2 saturated carbocycles. The van der Waals surface area contributed by atoms with Crippen LogP contribution in [0.25, 0.3) is 0 Å². The van der Waals surface area contributed by atoms with Crippen LogP contribution in [0.1, 0.15) is 64.0 Å². The predicted octanol–water partition coefficient (Wildman–Crippen LogP) is 3.98. The molecule has 7 heteroatoms. The maximum Gasteiger partial charge on any atom is 0.308 e. The number of carbonyl (C=O) groups is 2. The summed E-state index contributed by atoms with van der Waals surface area (Å²) in [5.74, 6) is -2.16. The highest BCUT2D eigenvalue weighted by molar-refractivity contribution is 5.81. The van der Waals surface area contributed by atoms with Gasteiger partial charge in [0, 0.05) is 11.5 Å². The van der Waals surface area contributed by atoms with Gasteiger partial charge in [-0.2, -0.15) is 0 Å². The Morgan fingerprint density at radius 3 is 2.29 bits per heavy atom. The van der Waals surface area contributed by atoms with Crippen LogP contribution in [0.2, 0.25) is 0 Å². The third-order valence-electron chi connectivity index (χ3n) is 7.81. The Bertz CT molecular complexity index is 852. The van der Waals surface area contributed by atoms with Gasteiger partial charge in [0.2, 0.25) is 5.91 Å². The average molecular weight is 435 g/mol. The Kier molecular flexibility index (Phi) is 5.83. The summed E-state index contributed by atoms with van der Waals surface area (Å²) in [7, 11) is 1.41. The number of hydrogen-bond acceptors (Lipinski definition) is 4. The van der Waals surface area contributed by atoms with Crippen LogP contribution in [0.3, 0.4) is 0 Å². The molecular weight excluding hydrogens is 402 g/mol. The molecule has 2 aliphatic carbocycles. The molecule has 5 nitrogen and oxygen atoms in total. The quantitative estimate of drug-likeness (QED) is 0.689. The Hall–Kier alpha value is -2.02. The number of likely N-dealkylation sites (tertiary alicyclic amines) is 1. The maximum atomic E-state index is 14.0. The third kappa shape index (κ3) is 4.09. The molecule has 1 amide bonds. The molecular formula is C24H32F2N2O3. The number of rotatable bonds is 6. The minimum Gasteiger partial charge on any atom is -0.469 e. The molecule has 0 bridgehead atoms. The first-order valence-corrected chi connectivity index (χ1v) is 11.2. The molecule has 170 valence electrons. The third-order valence-corrected chi connectivity index (χ3v) is 7.81. The van der Waals surface area contributed by atoms with Gasteiger partial charge >= 0.3 is 5.97 Å². The normalized spacial score (nSPS) is 29.2. The van der Waals surface area contributed by atoms with E-state index in [2.05, 4.69) is 24.1 Å². The zero-order valence-corrected chi connectivity index (χ0v) is 18.5. The zero-order chi connectivity index (χ0) is 22.4. The summed E-state index contributed by atoms with van der Waals surface area (Å²) in [5.41, 5.74) is 0.222. The van der Waals surface area contributed by atoms with Crippen molar-refractivity contribution in [3.8, 4) is 0 Å². The SMILES string of the molecule is COC(=O)C1CC2(CC(C(=O)NC(c3ccc(F)c(F)c3)C(C)(C)N3CCCC3)C2)C1. The van der Waals surface area contributed by atoms with Crippen molar-refractivity contribution in [1.29, 1.82) is 0 Å². The second-order valence-corrected chi connectivity index (χ2v) is 10.2. The van der Waals surface area contributed by atoms with Gasteiger partial charge < -0.3 is 10.1 Å². The summed E-state index contributed by atoms with van der Waals surface area (Å²) in [6.07, 6.45) is 5.29. The van der Waals surface area contributed by atoms with E-state index in [-0.39, 0.29) is 29.1 Å². The topological polar surface area (TPSA) is 58.6 Å². The Morgan fingerprint density at radius 1 is 1.10 bits per heavy atom. The lowest BCUT2D eigenvalue weighted by Gasteiger charge is -2.56. The van der Waals surface area contributed by atoms with E-state index in [9.17, 15) is 18.4 Å². The van der Waals surface area contributed by atoms with Crippen molar-refractivity contribution in [2.75, 3.05) is 20.2 Å². The fourth-order valence-electron chi connectivity index (χ4n) is 5.92. The molecule has 0 aromatic heterocycles. The van der Waals surface area contributed by atoms with Crippen LogP contribution in [-0.4, -0.2) is 42.5 Å². The van der Waals surface area contributed by atoms with Gasteiger partial charge in [0.05, 0.1) is 19.1 Å². The van der Waals surface area contributed by atoms with Gasteiger partial charge in [-0.1, -0.05) is 6.07 Å². The molecule has 3 aliphatic rings. The molecule has 1 aromatic rings. The number of esters is 1. The number of nitrogens with one attached hydrogen (secondary N) is 1.